The zero-order valence-electron chi connectivity index (χ0n) is 13.9. The highest BCUT2D eigenvalue weighted by Crippen LogP contribution is 2.35. The van der Waals surface area contributed by atoms with Crippen LogP contribution >= 0.6 is 0 Å². The van der Waals surface area contributed by atoms with Crippen LogP contribution in [0, 0.1) is 11.3 Å². The first-order chi connectivity index (χ1) is 12.2. The minimum Gasteiger partial charge on any atom is -0.486 e. The first-order valence-electron chi connectivity index (χ1n) is 8.20. The molecule has 6 heteroatoms. The predicted molar refractivity (Wildman–Crippen MR) is 93.6 cm³/mol. The van der Waals surface area contributed by atoms with Crippen molar-refractivity contribution < 1.29 is 9.47 Å². The Morgan fingerprint density at radius 2 is 1.96 bits per heavy atom. The third-order valence-electron chi connectivity index (χ3n) is 4.32. The maximum absolute atomic E-state index is 9.36. The second kappa shape index (κ2) is 6.11. The lowest BCUT2D eigenvalue weighted by molar-refractivity contribution is 0.172. The quantitative estimate of drug-likeness (QED) is 0.796. The Kier molecular flexibility index (Phi) is 3.79. The summed E-state index contributed by atoms with van der Waals surface area (Å²) in [5.74, 6) is 2.19. The van der Waals surface area contributed by atoms with E-state index in [-0.39, 0.29) is 6.04 Å². The van der Waals surface area contributed by atoms with Crippen LogP contribution < -0.4 is 15.2 Å². The lowest BCUT2D eigenvalue weighted by atomic mass is 10.1. The molecule has 1 aliphatic rings. The van der Waals surface area contributed by atoms with E-state index < -0.39 is 0 Å². The minimum atomic E-state index is -0.236. The van der Waals surface area contributed by atoms with Gasteiger partial charge in [-0.05, 0) is 18.6 Å². The van der Waals surface area contributed by atoms with E-state index in [1.807, 2.05) is 43.3 Å². The van der Waals surface area contributed by atoms with Gasteiger partial charge in [0.25, 0.3) is 0 Å². The van der Waals surface area contributed by atoms with Gasteiger partial charge in [0.1, 0.15) is 19.0 Å². The van der Waals surface area contributed by atoms with E-state index in [0.29, 0.717) is 36.8 Å². The summed E-state index contributed by atoms with van der Waals surface area (Å²) in [6, 6.07) is 13.4. The molecule has 2 aromatic carbocycles. The van der Waals surface area contributed by atoms with Crippen LogP contribution in [0.5, 0.6) is 11.5 Å². The number of benzene rings is 2. The SMILES string of the molecule is CC(N)c1nc2cc3c(cc2n1Cc1ccccc1C#N)OCCO3. The molecular formula is C19H18N4O2. The van der Waals surface area contributed by atoms with Crippen molar-refractivity contribution in [2.75, 3.05) is 13.2 Å². The molecule has 4 rings (SSSR count). The molecule has 0 fully saturated rings. The van der Waals surface area contributed by atoms with Crippen LogP contribution in [0.25, 0.3) is 11.0 Å². The molecule has 126 valence electrons. The highest BCUT2D eigenvalue weighted by molar-refractivity contribution is 5.81. The second-order valence-corrected chi connectivity index (χ2v) is 6.10. The van der Waals surface area contributed by atoms with Crippen LogP contribution in [0.3, 0.4) is 0 Å². The van der Waals surface area contributed by atoms with Crippen LogP contribution in [-0.2, 0) is 6.54 Å². The molecular weight excluding hydrogens is 316 g/mol. The van der Waals surface area contributed by atoms with Gasteiger partial charge in [-0.1, -0.05) is 18.2 Å². The Morgan fingerprint density at radius 3 is 2.68 bits per heavy atom. The zero-order chi connectivity index (χ0) is 17.4. The van der Waals surface area contributed by atoms with E-state index in [1.54, 1.807) is 0 Å². The average molecular weight is 334 g/mol. The monoisotopic (exact) mass is 334 g/mol. The summed E-state index contributed by atoms with van der Waals surface area (Å²) < 4.78 is 13.4. The summed E-state index contributed by atoms with van der Waals surface area (Å²) in [5, 5.41) is 9.36. The largest absolute Gasteiger partial charge is 0.486 e. The van der Waals surface area contributed by atoms with Crippen molar-refractivity contribution in [2.24, 2.45) is 5.73 Å². The van der Waals surface area contributed by atoms with E-state index in [1.165, 1.54) is 0 Å². The third-order valence-corrected chi connectivity index (χ3v) is 4.32. The van der Waals surface area contributed by atoms with Gasteiger partial charge in [0.2, 0.25) is 0 Å². The van der Waals surface area contributed by atoms with Crippen molar-refractivity contribution in [3.63, 3.8) is 0 Å². The normalized spacial score (nSPS) is 14.3. The first kappa shape index (κ1) is 15.5. The van der Waals surface area contributed by atoms with Gasteiger partial charge in [-0.25, -0.2) is 4.98 Å². The topological polar surface area (TPSA) is 86.1 Å². The third kappa shape index (κ3) is 2.69. The Labute approximate surface area is 145 Å². The molecule has 1 atom stereocenters. The van der Waals surface area contributed by atoms with E-state index in [2.05, 4.69) is 10.6 Å². The van der Waals surface area contributed by atoms with Crippen molar-refractivity contribution in [1.82, 2.24) is 9.55 Å². The van der Waals surface area contributed by atoms with Gasteiger partial charge in [0.15, 0.2) is 11.5 Å². The lowest BCUT2D eigenvalue weighted by Crippen LogP contribution is -2.16. The van der Waals surface area contributed by atoms with Gasteiger partial charge >= 0.3 is 0 Å². The molecule has 2 N–H and O–H groups in total. The highest BCUT2D eigenvalue weighted by Gasteiger charge is 2.20. The number of nitrogens with two attached hydrogens (primary N) is 1. The van der Waals surface area contributed by atoms with Crippen LogP contribution in [-0.4, -0.2) is 22.8 Å². The average Bonchev–Trinajstić information content (AvgIpc) is 2.98. The van der Waals surface area contributed by atoms with Gasteiger partial charge in [-0.15, -0.1) is 0 Å². The smallest absolute Gasteiger partial charge is 0.163 e. The lowest BCUT2D eigenvalue weighted by Gasteiger charge is -2.18. The van der Waals surface area contributed by atoms with Crippen LogP contribution in [0.2, 0.25) is 0 Å². The molecule has 0 saturated carbocycles. The minimum absolute atomic E-state index is 0.236. The molecule has 3 aromatic rings. The number of hydrogen-bond acceptors (Lipinski definition) is 5. The molecule has 0 radical (unpaired) electrons. The molecule has 0 saturated heterocycles. The Bertz CT molecular complexity index is 985. The fourth-order valence-corrected chi connectivity index (χ4v) is 3.13. The first-order valence-corrected chi connectivity index (χ1v) is 8.20. The number of aromatic nitrogens is 2. The number of ether oxygens (including phenoxy) is 2. The Balaban J connectivity index is 1.88. The predicted octanol–water partition coefficient (Wildman–Crippen LogP) is 2.75. The standard InChI is InChI=1S/C19H18N4O2/c1-12(21)19-22-15-8-17-18(25-7-6-24-17)9-16(15)23(19)11-14-5-3-2-4-13(14)10-20/h2-5,8-9,12H,6-7,11,21H2,1H3. The number of rotatable bonds is 3. The van der Waals surface area contributed by atoms with Gasteiger partial charge in [0, 0.05) is 12.1 Å². The summed E-state index contributed by atoms with van der Waals surface area (Å²) in [6.07, 6.45) is 0. The number of hydrogen-bond donors (Lipinski definition) is 1. The summed E-state index contributed by atoms with van der Waals surface area (Å²) in [4.78, 5) is 4.69. The Morgan fingerprint density at radius 1 is 1.24 bits per heavy atom. The highest BCUT2D eigenvalue weighted by atomic mass is 16.6. The van der Waals surface area contributed by atoms with E-state index in [9.17, 15) is 5.26 Å². The summed E-state index contributed by atoms with van der Waals surface area (Å²) in [6.45, 7) is 3.50. The molecule has 0 spiro atoms. The van der Waals surface area contributed by atoms with Crippen LogP contribution in [0.15, 0.2) is 36.4 Å². The van der Waals surface area contributed by atoms with Crippen molar-refractivity contribution in [2.45, 2.75) is 19.5 Å². The van der Waals surface area contributed by atoms with Crippen LogP contribution in [0.4, 0.5) is 0 Å². The van der Waals surface area contributed by atoms with E-state index >= 15 is 0 Å². The van der Waals surface area contributed by atoms with Crippen molar-refractivity contribution in [3.8, 4) is 17.6 Å². The molecule has 0 amide bonds. The zero-order valence-corrected chi connectivity index (χ0v) is 13.9. The number of nitriles is 1. The molecule has 2 heterocycles. The molecule has 1 aliphatic heterocycles. The molecule has 0 aliphatic carbocycles. The molecule has 1 unspecified atom stereocenters. The van der Waals surface area contributed by atoms with Crippen molar-refractivity contribution in [3.05, 3.63) is 53.3 Å². The Hall–Kier alpha value is -3.04. The van der Waals surface area contributed by atoms with Crippen LogP contribution in [0.1, 0.15) is 29.9 Å². The van der Waals surface area contributed by atoms with E-state index in [4.69, 9.17) is 20.2 Å². The van der Waals surface area contributed by atoms with Gasteiger partial charge in [-0.2, -0.15) is 5.26 Å². The second-order valence-electron chi connectivity index (χ2n) is 6.10. The van der Waals surface area contributed by atoms with Gasteiger partial charge in [0.05, 0.1) is 35.3 Å². The number of nitrogens with zero attached hydrogens (tertiary/aromatic N) is 3. The molecule has 6 nitrogen and oxygen atoms in total. The van der Waals surface area contributed by atoms with Gasteiger partial charge < -0.3 is 19.8 Å². The molecule has 0 bridgehead atoms. The maximum atomic E-state index is 9.36. The molecule has 25 heavy (non-hydrogen) atoms. The maximum Gasteiger partial charge on any atom is 0.163 e. The summed E-state index contributed by atoms with van der Waals surface area (Å²) in [5.41, 5.74) is 9.46. The molecule has 1 aromatic heterocycles. The number of imidazole rings is 1. The van der Waals surface area contributed by atoms with Gasteiger partial charge in [-0.3, -0.25) is 0 Å². The summed E-state index contributed by atoms with van der Waals surface area (Å²) in [7, 11) is 0. The fraction of sp³-hybridized carbons (Fsp3) is 0.263. The number of fused-ring (bicyclic) bond motifs is 2. The summed E-state index contributed by atoms with van der Waals surface area (Å²) >= 11 is 0. The van der Waals surface area contributed by atoms with E-state index in [0.717, 1.165) is 22.4 Å². The fourth-order valence-electron chi connectivity index (χ4n) is 3.13. The van der Waals surface area contributed by atoms with Crippen molar-refractivity contribution in [1.29, 1.82) is 5.26 Å². The van der Waals surface area contributed by atoms with Crippen molar-refractivity contribution >= 4 is 11.0 Å².